The molecule has 17 heavy (non-hydrogen) atoms. The van der Waals surface area contributed by atoms with E-state index in [1.807, 2.05) is 0 Å². The van der Waals surface area contributed by atoms with Gasteiger partial charge >= 0.3 is 5.97 Å². The van der Waals surface area contributed by atoms with Crippen LogP contribution in [0.2, 0.25) is 0 Å². The molecule has 0 aromatic carbocycles. The van der Waals surface area contributed by atoms with Crippen molar-refractivity contribution < 1.29 is 9.53 Å². The minimum Gasteiger partial charge on any atom is -0.445 e. The Balaban J connectivity index is 3.60. The van der Waals surface area contributed by atoms with E-state index in [2.05, 4.69) is 19.3 Å². The molecular weight excluding hydrogens is 216 g/mol. The standard InChI is InChI=1S/C13H28N2O2/c1-3-5-7-9-10-12(15-14)17-13(16)11-8-6-4-2/h12,15H,3-11,14H2,1-2H3. The third-order valence-electron chi connectivity index (χ3n) is 2.76. The number of carbonyl (C=O) groups excluding carboxylic acids is 1. The number of carbonyl (C=O) groups is 1. The van der Waals surface area contributed by atoms with E-state index in [1.165, 1.54) is 19.3 Å². The van der Waals surface area contributed by atoms with Crippen molar-refractivity contribution in [3.05, 3.63) is 0 Å². The molecule has 4 heteroatoms. The highest BCUT2D eigenvalue weighted by Gasteiger charge is 2.11. The molecule has 0 spiro atoms. The van der Waals surface area contributed by atoms with E-state index in [4.69, 9.17) is 10.6 Å². The second-order valence-electron chi connectivity index (χ2n) is 4.45. The molecule has 0 aromatic rings. The molecule has 0 fully saturated rings. The number of esters is 1. The molecule has 0 radical (unpaired) electrons. The normalized spacial score (nSPS) is 12.4. The van der Waals surface area contributed by atoms with Crippen molar-refractivity contribution in [2.24, 2.45) is 5.84 Å². The molecule has 1 unspecified atom stereocenters. The highest BCUT2D eigenvalue weighted by atomic mass is 16.6. The zero-order valence-electron chi connectivity index (χ0n) is 11.3. The van der Waals surface area contributed by atoms with Crippen LogP contribution in [0.4, 0.5) is 0 Å². The van der Waals surface area contributed by atoms with Gasteiger partial charge in [0.15, 0.2) is 6.23 Å². The van der Waals surface area contributed by atoms with E-state index >= 15 is 0 Å². The zero-order valence-corrected chi connectivity index (χ0v) is 11.3. The van der Waals surface area contributed by atoms with Gasteiger partial charge in [-0.25, -0.2) is 5.43 Å². The summed E-state index contributed by atoms with van der Waals surface area (Å²) in [4.78, 5) is 11.5. The lowest BCUT2D eigenvalue weighted by Gasteiger charge is -2.16. The third kappa shape index (κ3) is 10.3. The van der Waals surface area contributed by atoms with Crippen molar-refractivity contribution in [2.45, 2.75) is 77.9 Å². The summed E-state index contributed by atoms with van der Waals surface area (Å²) in [5.41, 5.74) is 2.56. The third-order valence-corrected chi connectivity index (χ3v) is 2.76. The molecule has 102 valence electrons. The van der Waals surface area contributed by atoms with Crippen molar-refractivity contribution in [2.75, 3.05) is 0 Å². The maximum absolute atomic E-state index is 11.5. The van der Waals surface area contributed by atoms with Crippen molar-refractivity contribution in [1.29, 1.82) is 0 Å². The first-order valence-corrected chi connectivity index (χ1v) is 6.90. The van der Waals surface area contributed by atoms with Crippen LogP contribution in [-0.4, -0.2) is 12.2 Å². The average molecular weight is 244 g/mol. The number of hydrazine groups is 1. The highest BCUT2D eigenvalue weighted by molar-refractivity contribution is 5.69. The fourth-order valence-electron chi connectivity index (χ4n) is 1.67. The van der Waals surface area contributed by atoms with Gasteiger partial charge in [-0.05, 0) is 19.3 Å². The van der Waals surface area contributed by atoms with Crippen LogP contribution in [0.25, 0.3) is 0 Å². The summed E-state index contributed by atoms with van der Waals surface area (Å²) in [7, 11) is 0. The van der Waals surface area contributed by atoms with Crippen LogP contribution in [0.1, 0.15) is 71.6 Å². The van der Waals surface area contributed by atoms with Crippen molar-refractivity contribution in [3.8, 4) is 0 Å². The van der Waals surface area contributed by atoms with E-state index in [0.29, 0.717) is 6.42 Å². The van der Waals surface area contributed by atoms with Crippen molar-refractivity contribution in [3.63, 3.8) is 0 Å². The molecule has 0 aliphatic carbocycles. The van der Waals surface area contributed by atoms with Crippen LogP contribution in [0.3, 0.4) is 0 Å². The number of ether oxygens (including phenoxy) is 1. The van der Waals surface area contributed by atoms with E-state index in [1.54, 1.807) is 0 Å². The van der Waals surface area contributed by atoms with E-state index in [0.717, 1.165) is 32.1 Å². The van der Waals surface area contributed by atoms with E-state index in [-0.39, 0.29) is 12.2 Å². The second kappa shape index (κ2) is 11.9. The zero-order chi connectivity index (χ0) is 12.9. The fourth-order valence-corrected chi connectivity index (χ4v) is 1.67. The molecule has 0 aliphatic rings. The van der Waals surface area contributed by atoms with Crippen LogP contribution < -0.4 is 11.3 Å². The van der Waals surface area contributed by atoms with Gasteiger partial charge in [-0.15, -0.1) is 0 Å². The van der Waals surface area contributed by atoms with Gasteiger partial charge in [0, 0.05) is 6.42 Å². The Bertz CT molecular complexity index is 186. The Morgan fingerprint density at radius 1 is 1.12 bits per heavy atom. The molecule has 0 aliphatic heterocycles. The number of hydrogen-bond donors (Lipinski definition) is 2. The Kier molecular flexibility index (Phi) is 11.4. The maximum atomic E-state index is 11.5. The van der Waals surface area contributed by atoms with Crippen molar-refractivity contribution >= 4 is 5.97 Å². The number of unbranched alkanes of at least 4 members (excludes halogenated alkanes) is 5. The SMILES string of the molecule is CCCCCCC(NN)OC(=O)CCCCC. The predicted molar refractivity (Wildman–Crippen MR) is 70.1 cm³/mol. The molecule has 0 aromatic heterocycles. The smallest absolute Gasteiger partial charge is 0.307 e. The Morgan fingerprint density at radius 3 is 2.35 bits per heavy atom. The fraction of sp³-hybridized carbons (Fsp3) is 0.923. The first kappa shape index (κ1) is 16.4. The van der Waals surface area contributed by atoms with Gasteiger partial charge in [0.25, 0.3) is 0 Å². The minimum absolute atomic E-state index is 0.142. The van der Waals surface area contributed by atoms with Gasteiger partial charge in [-0.3, -0.25) is 10.6 Å². The lowest BCUT2D eigenvalue weighted by Crippen LogP contribution is -2.38. The summed E-state index contributed by atoms with van der Waals surface area (Å²) in [6.07, 6.45) is 8.72. The number of rotatable bonds is 11. The maximum Gasteiger partial charge on any atom is 0.307 e. The second-order valence-corrected chi connectivity index (χ2v) is 4.45. The van der Waals surface area contributed by atoms with Crippen molar-refractivity contribution in [1.82, 2.24) is 5.43 Å². The lowest BCUT2D eigenvalue weighted by atomic mass is 10.1. The summed E-state index contributed by atoms with van der Waals surface area (Å²) in [6, 6.07) is 0. The van der Waals surface area contributed by atoms with Crippen LogP contribution in [0.5, 0.6) is 0 Å². The first-order valence-electron chi connectivity index (χ1n) is 6.90. The summed E-state index contributed by atoms with van der Waals surface area (Å²) in [5, 5.41) is 0. The molecule has 0 amide bonds. The van der Waals surface area contributed by atoms with Crippen LogP contribution >= 0.6 is 0 Å². The first-order chi connectivity index (χ1) is 8.24. The Morgan fingerprint density at radius 2 is 1.76 bits per heavy atom. The summed E-state index contributed by atoms with van der Waals surface area (Å²) >= 11 is 0. The highest BCUT2D eigenvalue weighted by Crippen LogP contribution is 2.08. The van der Waals surface area contributed by atoms with Gasteiger partial charge in [0.2, 0.25) is 0 Å². The quantitative estimate of drug-likeness (QED) is 0.193. The van der Waals surface area contributed by atoms with Crippen LogP contribution in [0, 0.1) is 0 Å². The van der Waals surface area contributed by atoms with E-state index in [9.17, 15) is 4.79 Å². The number of nitrogens with one attached hydrogen (secondary N) is 1. The summed E-state index contributed by atoms with van der Waals surface area (Å²) in [6.45, 7) is 4.29. The number of nitrogens with two attached hydrogens (primary N) is 1. The summed E-state index contributed by atoms with van der Waals surface area (Å²) < 4.78 is 5.25. The van der Waals surface area contributed by atoms with Gasteiger partial charge in [0.1, 0.15) is 0 Å². The van der Waals surface area contributed by atoms with Crippen LogP contribution in [0.15, 0.2) is 0 Å². The molecule has 4 nitrogen and oxygen atoms in total. The van der Waals surface area contributed by atoms with Gasteiger partial charge in [-0.1, -0.05) is 46.0 Å². The molecular formula is C13H28N2O2. The van der Waals surface area contributed by atoms with Gasteiger partial charge in [-0.2, -0.15) is 0 Å². The van der Waals surface area contributed by atoms with Crippen LogP contribution in [-0.2, 0) is 9.53 Å². The number of hydrogen-bond acceptors (Lipinski definition) is 4. The monoisotopic (exact) mass is 244 g/mol. The Hall–Kier alpha value is -0.610. The summed E-state index contributed by atoms with van der Waals surface area (Å²) in [5.74, 6) is 5.22. The molecule has 0 heterocycles. The molecule has 0 bridgehead atoms. The molecule has 0 saturated heterocycles. The molecule has 1 atom stereocenters. The average Bonchev–Trinajstić information content (AvgIpc) is 2.33. The Labute approximate surface area is 105 Å². The molecule has 0 saturated carbocycles. The molecule has 3 N–H and O–H groups in total. The molecule has 0 rings (SSSR count). The minimum atomic E-state index is -0.319. The van der Waals surface area contributed by atoms with Gasteiger partial charge < -0.3 is 4.74 Å². The van der Waals surface area contributed by atoms with E-state index < -0.39 is 0 Å². The topological polar surface area (TPSA) is 64.3 Å². The predicted octanol–water partition coefficient (Wildman–Crippen LogP) is 2.87. The largest absolute Gasteiger partial charge is 0.445 e. The lowest BCUT2D eigenvalue weighted by molar-refractivity contribution is -0.151. The van der Waals surface area contributed by atoms with Gasteiger partial charge in [0.05, 0.1) is 0 Å².